The van der Waals surface area contributed by atoms with Gasteiger partial charge >= 0.3 is 0 Å². The van der Waals surface area contributed by atoms with Crippen molar-refractivity contribution in [2.45, 2.75) is 12.6 Å². The van der Waals surface area contributed by atoms with Gasteiger partial charge in [0.25, 0.3) is 0 Å². The number of nitrogens with zero attached hydrogens (tertiary/aromatic N) is 1. The second-order valence-electron chi connectivity index (χ2n) is 5.05. The highest BCUT2D eigenvalue weighted by molar-refractivity contribution is 9.10. The fraction of sp³-hybridized carbons (Fsp3) is 0.600. The van der Waals surface area contributed by atoms with Crippen LogP contribution in [0.5, 0.6) is 0 Å². The smallest absolute Gasteiger partial charge is 0.0755 e. The molecule has 1 atom stereocenters. The summed E-state index contributed by atoms with van der Waals surface area (Å²) in [4.78, 5) is 2.24. The van der Waals surface area contributed by atoms with Gasteiger partial charge in [-0.1, -0.05) is 22.0 Å². The van der Waals surface area contributed by atoms with Crippen molar-refractivity contribution >= 4 is 21.6 Å². The van der Waals surface area contributed by atoms with Gasteiger partial charge in [0.1, 0.15) is 0 Å². The molecular weight excluding hydrogens is 336 g/mol. The zero-order valence-electron chi connectivity index (χ0n) is 12.3. The highest BCUT2D eigenvalue weighted by Gasteiger charge is 2.24. The second kappa shape index (κ2) is 8.70. The molecule has 1 aliphatic heterocycles. The third-order valence-electron chi connectivity index (χ3n) is 3.59. The summed E-state index contributed by atoms with van der Waals surface area (Å²) in [6, 6.07) is 6.29. The van der Waals surface area contributed by atoms with E-state index in [1.54, 1.807) is 7.11 Å². The number of nitrogens with one attached hydrogen (secondary N) is 1. The highest BCUT2D eigenvalue weighted by Crippen LogP contribution is 2.28. The molecule has 0 aliphatic carbocycles. The minimum atomic E-state index is 0.0192. The normalized spacial score (nSPS) is 19.0. The Morgan fingerprint density at radius 1 is 1.52 bits per heavy atom. The molecule has 1 heterocycles. The quantitative estimate of drug-likeness (QED) is 0.721. The minimum Gasteiger partial charge on any atom is -0.394 e. The summed E-state index contributed by atoms with van der Waals surface area (Å²) in [5.74, 6) is 0. The third-order valence-corrected chi connectivity index (χ3v) is 4.09. The van der Waals surface area contributed by atoms with Crippen molar-refractivity contribution in [3.05, 3.63) is 28.2 Å². The van der Waals surface area contributed by atoms with Crippen LogP contribution in [0.25, 0.3) is 0 Å². The Morgan fingerprint density at radius 3 is 3.14 bits per heavy atom. The van der Waals surface area contributed by atoms with Crippen LogP contribution >= 0.6 is 15.9 Å². The van der Waals surface area contributed by atoms with E-state index in [0.717, 1.165) is 29.8 Å². The molecule has 0 radical (unpaired) electrons. The second-order valence-corrected chi connectivity index (χ2v) is 5.96. The van der Waals surface area contributed by atoms with Crippen molar-refractivity contribution in [2.75, 3.05) is 51.5 Å². The summed E-state index contributed by atoms with van der Waals surface area (Å²) in [5.41, 5.74) is 2.37. The Labute approximate surface area is 134 Å². The molecule has 2 rings (SSSR count). The molecule has 1 aromatic carbocycles. The van der Waals surface area contributed by atoms with Gasteiger partial charge in [-0.05, 0) is 17.7 Å². The van der Waals surface area contributed by atoms with Crippen molar-refractivity contribution in [3.8, 4) is 0 Å². The maximum absolute atomic E-state index is 9.56. The van der Waals surface area contributed by atoms with Crippen LogP contribution in [0.15, 0.2) is 22.7 Å². The lowest BCUT2D eigenvalue weighted by molar-refractivity contribution is 0.0726. The molecular formula is C15H23BrN2O3. The molecule has 1 fully saturated rings. The Morgan fingerprint density at radius 2 is 2.38 bits per heavy atom. The topological polar surface area (TPSA) is 54.0 Å². The average Bonchev–Trinajstić information content (AvgIpc) is 2.52. The van der Waals surface area contributed by atoms with Crippen molar-refractivity contribution in [1.29, 1.82) is 0 Å². The molecule has 0 aromatic heterocycles. The molecule has 0 amide bonds. The Bertz CT molecular complexity index is 445. The molecule has 0 bridgehead atoms. The maximum Gasteiger partial charge on any atom is 0.0755 e. The van der Waals surface area contributed by atoms with E-state index in [0.29, 0.717) is 19.8 Å². The van der Waals surface area contributed by atoms with Crippen LogP contribution < -0.4 is 10.2 Å². The summed E-state index contributed by atoms with van der Waals surface area (Å²) >= 11 is 3.54. The molecule has 2 N–H and O–H groups in total. The lowest BCUT2D eigenvalue weighted by Gasteiger charge is -2.37. The van der Waals surface area contributed by atoms with E-state index in [9.17, 15) is 5.11 Å². The van der Waals surface area contributed by atoms with Crippen LogP contribution in [-0.4, -0.2) is 57.8 Å². The first-order valence-corrected chi connectivity index (χ1v) is 7.99. The zero-order valence-corrected chi connectivity index (χ0v) is 13.9. The van der Waals surface area contributed by atoms with Crippen LogP contribution in [0.1, 0.15) is 5.56 Å². The van der Waals surface area contributed by atoms with Gasteiger partial charge in [0.2, 0.25) is 0 Å². The molecule has 6 heteroatoms. The van der Waals surface area contributed by atoms with E-state index in [2.05, 4.69) is 38.3 Å². The van der Waals surface area contributed by atoms with Crippen LogP contribution in [-0.2, 0) is 16.0 Å². The maximum atomic E-state index is 9.56. The van der Waals surface area contributed by atoms with E-state index < -0.39 is 0 Å². The number of ether oxygens (including phenoxy) is 2. The first kappa shape index (κ1) is 16.7. The van der Waals surface area contributed by atoms with E-state index in [1.165, 1.54) is 5.56 Å². The summed E-state index contributed by atoms with van der Waals surface area (Å²) in [6.07, 6.45) is 0. The summed E-state index contributed by atoms with van der Waals surface area (Å²) in [5, 5.41) is 12.9. The van der Waals surface area contributed by atoms with Crippen LogP contribution in [0.3, 0.4) is 0 Å². The van der Waals surface area contributed by atoms with Crippen molar-refractivity contribution in [1.82, 2.24) is 5.32 Å². The lowest BCUT2D eigenvalue weighted by atomic mass is 10.1. The Hall–Kier alpha value is -0.660. The van der Waals surface area contributed by atoms with E-state index in [-0.39, 0.29) is 12.6 Å². The molecule has 1 aromatic rings. The average molecular weight is 359 g/mol. The highest BCUT2D eigenvalue weighted by atomic mass is 79.9. The predicted octanol–water partition coefficient (Wildman–Crippen LogP) is 1.38. The number of aliphatic hydroxyl groups excluding tert-OH is 1. The van der Waals surface area contributed by atoms with Crippen LogP contribution in [0.2, 0.25) is 0 Å². The number of halogens is 1. The standard InChI is InChI=1S/C15H23BrN2O3/c1-20-6-4-17-9-12-2-3-13(16)8-15(12)18-5-7-21-11-14(18)10-19/h2-3,8,14,17,19H,4-7,9-11H2,1H3. The number of rotatable bonds is 7. The third kappa shape index (κ3) is 4.66. The number of aliphatic hydroxyl groups is 1. The number of hydrogen-bond donors (Lipinski definition) is 2. The number of benzene rings is 1. The summed E-state index contributed by atoms with van der Waals surface area (Å²) in [7, 11) is 1.70. The number of anilines is 1. The van der Waals surface area contributed by atoms with Crippen molar-refractivity contribution in [2.24, 2.45) is 0 Å². The molecule has 118 valence electrons. The van der Waals surface area contributed by atoms with Gasteiger partial charge in [-0.25, -0.2) is 0 Å². The first-order valence-electron chi connectivity index (χ1n) is 7.19. The monoisotopic (exact) mass is 358 g/mol. The number of hydrogen-bond acceptors (Lipinski definition) is 5. The molecule has 1 unspecified atom stereocenters. The Kier molecular flexibility index (Phi) is 6.92. The fourth-order valence-electron chi connectivity index (χ4n) is 2.47. The zero-order chi connectivity index (χ0) is 15.1. The van der Waals surface area contributed by atoms with Gasteiger partial charge in [-0.15, -0.1) is 0 Å². The fourth-order valence-corrected chi connectivity index (χ4v) is 2.82. The van der Waals surface area contributed by atoms with Gasteiger partial charge in [-0.3, -0.25) is 0 Å². The van der Waals surface area contributed by atoms with Crippen LogP contribution in [0.4, 0.5) is 5.69 Å². The molecule has 21 heavy (non-hydrogen) atoms. The minimum absolute atomic E-state index is 0.0192. The summed E-state index contributed by atoms with van der Waals surface area (Å²) in [6.45, 7) is 4.46. The van der Waals surface area contributed by atoms with Gasteiger partial charge in [-0.2, -0.15) is 0 Å². The van der Waals surface area contributed by atoms with Gasteiger partial charge in [0.05, 0.1) is 32.5 Å². The van der Waals surface area contributed by atoms with Crippen molar-refractivity contribution < 1.29 is 14.6 Å². The summed E-state index contributed by atoms with van der Waals surface area (Å²) < 4.78 is 11.6. The van der Waals surface area contributed by atoms with Gasteiger partial charge < -0.3 is 24.8 Å². The van der Waals surface area contributed by atoms with E-state index in [1.807, 2.05) is 6.07 Å². The van der Waals surface area contributed by atoms with E-state index >= 15 is 0 Å². The molecule has 1 aliphatic rings. The van der Waals surface area contributed by atoms with Crippen LogP contribution in [0, 0.1) is 0 Å². The molecule has 0 saturated carbocycles. The Balaban J connectivity index is 2.13. The predicted molar refractivity (Wildman–Crippen MR) is 86.8 cm³/mol. The largest absolute Gasteiger partial charge is 0.394 e. The SMILES string of the molecule is COCCNCc1ccc(Br)cc1N1CCOCC1CO. The number of methoxy groups -OCH3 is 1. The van der Waals surface area contributed by atoms with Crippen molar-refractivity contribution in [3.63, 3.8) is 0 Å². The first-order chi connectivity index (χ1) is 10.3. The lowest BCUT2D eigenvalue weighted by Crippen LogP contribution is -2.48. The van der Waals surface area contributed by atoms with Gasteiger partial charge in [0.15, 0.2) is 0 Å². The van der Waals surface area contributed by atoms with E-state index in [4.69, 9.17) is 9.47 Å². The molecule has 5 nitrogen and oxygen atoms in total. The number of morpholine rings is 1. The van der Waals surface area contributed by atoms with Gasteiger partial charge in [0, 0.05) is 36.9 Å². The molecule has 0 spiro atoms. The molecule has 1 saturated heterocycles.